The number of fused-ring (bicyclic) bond motifs is 1. The summed E-state index contributed by atoms with van der Waals surface area (Å²) in [5.41, 5.74) is 3.09. The van der Waals surface area contributed by atoms with Gasteiger partial charge in [0.25, 0.3) is 5.91 Å². The van der Waals surface area contributed by atoms with Crippen LogP contribution in [0.25, 0.3) is 10.9 Å². The van der Waals surface area contributed by atoms with Gasteiger partial charge in [-0.2, -0.15) is 5.10 Å². The van der Waals surface area contributed by atoms with E-state index in [-0.39, 0.29) is 18.0 Å². The molecule has 0 saturated carbocycles. The average Bonchev–Trinajstić information content (AvgIpc) is 3.22. The number of benzene rings is 2. The van der Waals surface area contributed by atoms with Gasteiger partial charge in [0, 0.05) is 30.7 Å². The molecule has 7 nitrogen and oxygen atoms in total. The summed E-state index contributed by atoms with van der Waals surface area (Å²) in [4.78, 5) is 20.5. The highest BCUT2D eigenvalue weighted by atomic mass is 16.7. The zero-order valence-corrected chi connectivity index (χ0v) is 16.8. The number of rotatable bonds is 6. The second-order valence-electron chi connectivity index (χ2n) is 7.48. The summed E-state index contributed by atoms with van der Waals surface area (Å²) in [6.45, 7) is 1.66. The van der Waals surface area contributed by atoms with Crippen LogP contribution in [0.4, 0.5) is 5.69 Å². The van der Waals surface area contributed by atoms with Crippen molar-refractivity contribution in [1.82, 2.24) is 20.2 Å². The van der Waals surface area contributed by atoms with E-state index in [1.54, 1.807) is 7.05 Å². The van der Waals surface area contributed by atoms with Gasteiger partial charge in [0.1, 0.15) is 6.04 Å². The Balaban J connectivity index is 1.53. The lowest BCUT2D eigenvalue weighted by Gasteiger charge is -2.39. The molecule has 29 heavy (non-hydrogen) atoms. The molecule has 2 N–H and O–H groups in total. The molecule has 2 aromatic carbocycles. The minimum absolute atomic E-state index is 0.0563. The van der Waals surface area contributed by atoms with Gasteiger partial charge in [0.05, 0.1) is 18.8 Å². The first-order valence-electron chi connectivity index (χ1n) is 9.96. The van der Waals surface area contributed by atoms with Gasteiger partial charge >= 0.3 is 0 Å². The summed E-state index contributed by atoms with van der Waals surface area (Å²) in [5.74, 6) is -0.0563. The zero-order valence-electron chi connectivity index (χ0n) is 16.8. The first-order chi connectivity index (χ1) is 14.2. The third kappa shape index (κ3) is 4.26. The normalized spacial score (nSPS) is 18.5. The molecule has 0 spiro atoms. The molecule has 1 aromatic heterocycles. The molecule has 7 heteroatoms. The van der Waals surface area contributed by atoms with Crippen molar-refractivity contribution >= 4 is 22.5 Å². The monoisotopic (exact) mass is 393 g/mol. The van der Waals surface area contributed by atoms with E-state index in [2.05, 4.69) is 32.5 Å². The Hall–Kier alpha value is -2.90. The number of carbonyl (C=O) groups excluding carboxylic acids is 1. The molecular formula is C22H27N5O2. The largest absolute Gasteiger partial charge is 0.381 e. The summed E-state index contributed by atoms with van der Waals surface area (Å²) in [5, 5.41) is 13.1. The van der Waals surface area contributed by atoms with E-state index in [9.17, 15) is 4.79 Å². The molecule has 1 amide bonds. The van der Waals surface area contributed by atoms with Gasteiger partial charge in [-0.3, -0.25) is 19.6 Å². The molecule has 2 atom stereocenters. The van der Waals surface area contributed by atoms with E-state index < -0.39 is 0 Å². The van der Waals surface area contributed by atoms with Gasteiger partial charge in [-0.15, -0.1) is 0 Å². The Morgan fingerprint density at radius 2 is 2.14 bits per heavy atom. The molecule has 0 radical (unpaired) electrons. The van der Waals surface area contributed by atoms with Crippen LogP contribution >= 0.6 is 0 Å². The summed E-state index contributed by atoms with van der Waals surface area (Å²) in [7, 11) is 3.19. The quantitative estimate of drug-likeness (QED) is 0.629. The third-order valence-corrected chi connectivity index (χ3v) is 5.56. The van der Waals surface area contributed by atoms with Crippen LogP contribution in [0.15, 0.2) is 54.7 Å². The van der Waals surface area contributed by atoms with Crippen molar-refractivity contribution in [3.05, 3.63) is 60.3 Å². The molecular weight excluding hydrogens is 366 g/mol. The fourth-order valence-electron chi connectivity index (χ4n) is 4.03. The maximum Gasteiger partial charge on any atom is 0.267 e. The minimum Gasteiger partial charge on any atom is -0.381 e. The lowest BCUT2D eigenvalue weighted by atomic mass is 9.98. The van der Waals surface area contributed by atoms with Crippen molar-refractivity contribution < 1.29 is 9.63 Å². The number of amides is 1. The van der Waals surface area contributed by atoms with Crippen molar-refractivity contribution in [1.29, 1.82) is 0 Å². The lowest BCUT2D eigenvalue weighted by molar-refractivity contribution is -0.175. The van der Waals surface area contributed by atoms with Gasteiger partial charge in [0.15, 0.2) is 0 Å². The number of anilines is 1. The summed E-state index contributed by atoms with van der Waals surface area (Å²) >= 11 is 0. The van der Waals surface area contributed by atoms with Crippen LogP contribution in [0.2, 0.25) is 0 Å². The standard InChI is InChI=1S/C22H27N5O2/c1-26(29-2)22(28)21(16-7-4-3-5-8-16)27-12-6-9-19(15-27)24-18-10-11-20-17(13-18)14-23-25-20/h3-5,7-8,10-11,13-14,19,21,24H,6,9,12,15H2,1-2H3,(H,23,25). The Morgan fingerprint density at radius 3 is 2.93 bits per heavy atom. The number of nitrogens with one attached hydrogen (secondary N) is 2. The first kappa shape index (κ1) is 19.4. The molecule has 1 saturated heterocycles. The predicted octanol–water partition coefficient (Wildman–Crippen LogP) is 3.20. The minimum atomic E-state index is -0.359. The lowest BCUT2D eigenvalue weighted by Crippen LogP contribution is -2.48. The maximum absolute atomic E-state index is 13.1. The molecule has 4 rings (SSSR count). The van der Waals surface area contributed by atoms with E-state index >= 15 is 0 Å². The number of aromatic amines is 1. The number of nitrogens with zero attached hydrogens (tertiary/aromatic N) is 3. The van der Waals surface area contributed by atoms with Crippen LogP contribution in [0.5, 0.6) is 0 Å². The molecule has 2 unspecified atom stereocenters. The van der Waals surface area contributed by atoms with E-state index in [1.165, 1.54) is 12.2 Å². The van der Waals surface area contributed by atoms with Gasteiger partial charge in [-0.05, 0) is 43.1 Å². The van der Waals surface area contributed by atoms with Gasteiger partial charge < -0.3 is 5.32 Å². The first-order valence-corrected chi connectivity index (χ1v) is 9.96. The molecule has 0 bridgehead atoms. The maximum atomic E-state index is 13.1. The summed E-state index contributed by atoms with van der Waals surface area (Å²) in [6, 6.07) is 16.1. The number of piperidine rings is 1. The molecule has 1 aliphatic rings. The van der Waals surface area contributed by atoms with Gasteiger partial charge in [-0.25, -0.2) is 5.06 Å². The SMILES string of the molecule is CON(C)C(=O)C(c1ccccc1)N1CCCC(Nc2ccc3[nH]ncc3c2)C1. The highest BCUT2D eigenvalue weighted by Crippen LogP contribution is 2.28. The van der Waals surface area contributed by atoms with Crippen LogP contribution in [0, 0.1) is 0 Å². The van der Waals surface area contributed by atoms with Gasteiger partial charge in [-0.1, -0.05) is 30.3 Å². The smallest absolute Gasteiger partial charge is 0.267 e. The Bertz CT molecular complexity index is 958. The molecule has 3 aromatic rings. The Kier molecular flexibility index (Phi) is 5.78. The molecule has 1 fully saturated rings. The fourth-order valence-corrected chi connectivity index (χ4v) is 4.03. The Morgan fingerprint density at radius 1 is 1.31 bits per heavy atom. The van der Waals surface area contributed by atoms with Crippen molar-refractivity contribution in [3.63, 3.8) is 0 Å². The van der Waals surface area contributed by atoms with Crippen molar-refractivity contribution in [2.45, 2.75) is 24.9 Å². The van der Waals surface area contributed by atoms with E-state index in [0.29, 0.717) is 0 Å². The van der Waals surface area contributed by atoms with E-state index in [0.717, 1.165) is 48.1 Å². The van der Waals surface area contributed by atoms with Crippen molar-refractivity contribution in [3.8, 4) is 0 Å². The number of likely N-dealkylation sites (N-methyl/N-ethyl adjacent to an activating group) is 1. The number of likely N-dealkylation sites (tertiary alicyclic amines) is 1. The van der Waals surface area contributed by atoms with Crippen LogP contribution < -0.4 is 5.32 Å². The number of aromatic nitrogens is 2. The highest BCUT2D eigenvalue weighted by molar-refractivity contribution is 5.83. The number of hydrogen-bond acceptors (Lipinski definition) is 5. The zero-order chi connectivity index (χ0) is 20.2. The van der Waals surface area contributed by atoms with Crippen LogP contribution in [-0.2, 0) is 9.63 Å². The van der Waals surface area contributed by atoms with Crippen LogP contribution in [-0.4, -0.2) is 59.4 Å². The molecule has 2 heterocycles. The van der Waals surface area contributed by atoms with E-state index in [4.69, 9.17) is 4.84 Å². The number of hydroxylamine groups is 2. The van der Waals surface area contributed by atoms with Crippen LogP contribution in [0.1, 0.15) is 24.4 Å². The highest BCUT2D eigenvalue weighted by Gasteiger charge is 2.33. The molecule has 152 valence electrons. The number of H-pyrrole nitrogens is 1. The third-order valence-electron chi connectivity index (χ3n) is 5.56. The van der Waals surface area contributed by atoms with Crippen LogP contribution in [0.3, 0.4) is 0 Å². The molecule has 0 aliphatic carbocycles. The average molecular weight is 393 g/mol. The summed E-state index contributed by atoms with van der Waals surface area (Å²) < 4.78 is 0. The Labute approximate surface area is 170 Å². The number of carbonyl (C=O) groups is 1. The second kappa shape index (κ2) is 8.63. The van der Waals surface area contributed by atoms with E-state index in [1.807, 2.05) is 42.6 Å². The fraction of sp³-hybridized carbons (Fsp3) is 0.364. The number of hydrogen-bond donors (Lipinski definition) is 2. The summed E-state index contributed by atoms with van der Waals surface area (Å²) in [6.07, 6.45) is 3.92. The predicted molar refractivity (Wildman–Crippen MR) is 113 cm³/mol. The van der Waals surface area contributed by atoms with Crippen molar-refractivity contribution in [2.24, 2.45) is 0 Å². The van der Waals surface area contributed by atoms with Crippen molar-refractivity contribution in [2.75, 3.05) is 32.6 Å². The second-order valence-corrected chi connectivity index (χ2v) is 7.48. The molecule has 1 aliphatic heterocycles. The topological polar surface area (TPSA) is 73.5 Å². The van der Waals surface area contributed by atoms with Gasteiger partial charge in [0.2, 0.25) is 0 Å².